The van der Waals surface area contributed by atoms with Gasteiger partial charge in [-0.15, -0.1) is 0 Å². The molecule has 43 heavy (non-hydrogen) atoms. The van der Waals surface area contributed by atoms with E-state index in [1.807, 2.05) is 6.07 Å². The highest BCUT2D eigenvalue weighted by molar-refractivity contribution is 6.09. The van der Waals surface area contributed by atoms with Crippen LogP contribution in [-0.2, 0) is 9.47 Å². The first-order valence-corrected chi connectivity index (χ1v) is 14.5. The number of hydrogen-bond donors (Lipinski definition) is 2. The Balaban J connectivity index is 1.34. The molecule has 0 bridgehead atoms. The maximum atomic E-state index is 15.4. The van der Waals surface area contributed by atoms with Gasteiger partial charge in [-0.2, -0.15) is 0 Å². The molecule has 11 heteroatoms. The lowest BCUT2D eigenvalue weighted by atomic mass is 9.93. The second-order valence-corrected chi connectivity index (χ2v) is 10.7. The van der Waals surface area contributed by atoms with Crippen LogP contribution in [0.15, 0.2) is 60.9 Å². The number of aromatic nitrogens is 3. The van der Waals surface area contributed by atoms with Gasteiger partial charge < -0.3 is 25.0 Å². The number of methoxy groups -OCH3 is 1. The minimum atomic E-state index is -0.633. The molecule has 2 aromatic heterocycles. The van der Waals surface area contributed by atoms with E-state index in [-0.39, 0.29) is 29.5 Å². The zero-order chi connectivity index (χ0) is 29.8. The monoisotopic (exact) mass is 584 g/mol. The Bertz CT molecular complexity index is 1620. The summed E-state index contributed by atoms with van der Waals surface area (Å²) >= 11 is 0. The highest BCUT2D eigenvalue weighted by atomic mass is 19.1. The minimum Gasteiger partial charge on any atom is -0.381 e. The summed E-state index contributed by atoms with van der Waals surface area (Å²) in [5, 5.41) is 6.80. The van der Waals surface area contributed by atoms with Crippen molar-refractivity contribution >= 4 is 34.5 Å². The first-order chi connectivity index (χ1) is 21.0. The van der Waals surface area contributed by atoms with E-state index in [1.165, 1.54) is 12.1 Å². The van der Waals surface area contributed by atoms with Gasteiger partial charge in [0.1, 0.15) is 11.6 Å². The molecule has 6 rings (SSSR count). The first-order valence-electron chi connectivity index (χ1n) is 14.5. The van der Waals surface area contributed by atoms with Gasteiger partial charge in [-0.05, 0) is 55.5 Å². The number of ether oxygens (including phenoxy) is 2. The summed E-state index contributed by atoms with van der Waals surface area (Å²) in [5.41, 5.74) is 2.02. The highest BCUT2D eigenvalue weighted by Gasteiger charge is 2.24. The maximum absolute atomic E-state index is 15.4. The van der Waals surface area contributed by atoms with Crippen LogP contribution in [0.3, 0.4) is 0 Å². The van der Waals surface area contributed by atoms with E-state index in [1.54, 1.807) is 54.7 Å². The summed E-state index contributed by atoms with van der Waals surface area (Å²) in [7, 11) is 1.74. The largest absolute Gasteiger partial charge is 0.381 e. The fourth-order valence-electron chi connectivity index (χ4n) is 5.59. The molecule has 0 atom stereocenters. The van der Waals surface area contributed by atoms with Gasteiger partial charge in [0, 0.05) is 49.8 Å². The number of benzene rings is 2. The third-order valence-corrected chi connectivity index (χ3v) is 8.04. The molecule has 2 amide bonds. The maximum Gasteiger partial charge on any atom is 0.256 e. The predicted molar refractivity (Wildman–Crippen MR) is 161 cm³/mol. The number of carbonyl (C=O) groups is 2. The van der Waals surface area contributed by atoms with Crippen LogP contribution in [-0.4, -0.2) is 77.2 Å². The molecule has 2 aliphatic rings. The Morgan fingerprint density at radius 1 is 1.00 bits per heavy atom. The van der Waals surface area contributed by atoms with Crippen molar-refractivity contribution < 1.29 is 23.5 Å². The third kappa shape index (κ3) is 6.32. The summed E-state index contributed by atoms with van der Waals surface area (Å²) in [6, 6.07) is 13.5. The fraction of sp³-hybridized carbons (Fsp3) is 0.344. The summed E-state index contributed by atoms with van der Waals surface area (Å²) in [6.07, 6.45) is 7.17. The van der Waals surface area contributed by atoms with E-state index in [0.717, 1.165) is 25.7 Å². The molecular weight excluding hydrogens is 551 g/mol. The topological polar surface area (TPSA) is 119 Å². The highest BCUT2D eigenvalue weighted by Crippen LogP contribution is 2.33. The van der Waals surface area contributed by atoms with Crippen molar-refractivity contribution in [1.29, 1.82) is 0 Å². The van der Waals surface area contributed by atoms with Crippen molar-refractivity contribution in [2.24, 2.45) is 0 Å². The van der Waals surface area contributed by atoms with E-state index in [9.17, 15) is 9.59 Å². The van der Waals surface area contributed by atoms with Gasteiger partial charge in [0.15, 0.2) is 0 Å². The second-order valence-electron chi connectivity index (χ2n) is 10.7. The second kappa shape index (κ2) is 12.8. The van der Waals surface area contributed by atoms with Gasteiger partial charge >= 0.3 is 0 Å². The van der Waals surface area contributed by atoms with Crippen molar-refractivity contribution in [2.45, 2.75) is 37.8 Å². The summed E-state index contributed by atoms with van der Waals surface area (Å²) in [4.78, 5) is 41.4. The Labute approximate surface area is 248 Å². The number of anilines is 2. The van der Waals surface area contributed by atoms with Crippen LogP contribution >= 0.6 is 0 Å². The quantitative estimate of drug-likeness (QED) is 0.314. The van der Waals surface area contributed by atoms with Crippen LogP contribution in [0.2, 0.25) is 0 Å². The molecule has 10 nitrogen and oxygen atoms in total. The average Bonchev–Trinajstić information content (AvgIpc) is 3.05. The molecule has 4 aromatic rings. The van der Waals surface area contributed by atoms with Crippen LogP contribution in [0, 0.1) is 5.82 Å². The van der Waals surface area contributed by atoms with Crippen LogP contribution in [0.4, 0.5) is 16.2 Å². The standard InChI is InChI=1S/C32H33FN6O4/c1-42-23-10-8-22(9-11-23)36-32-35-19-26-28(37-32)25(18-34-29(26)38-30(40)20-5-3-2-4-6-20)21-7-12-24(27(33)17-21)31(41)39-13-15-43-16-14-39/h2-7,12,17-19,22-23H,8-11,13-16H2,1H3,(H,34,38,40)(H,35,36,37). The van der Waals surface area contributed by atoms with Gasteiger partial charge in [-0.1, -0.05) is 24.3 Å². The molecule has 2 fully saturated rings. The zero-order valence-corrected chi connectivity index (χ0v) is 23.9. The number of nitrogens with zero attached hydrogens (tertiary/aromatic N) is 4. The van der Waals surface area contributed by atoms with Gasteiger partial charge in [-0.3, -0.25) is 9.59 Å². The zero-order valence-electron chi connectivity index (χ0n) is 23.9. The molecule has 0 spiro atoms. The van der Waals surface area contributed by atoms with Crippen LogP contribution in [0.5, 0.6) is 0 Å². The first kappa shape index (κ1) is 28.6. The molecule has 0 radical (unpaired) electrons. The molecule has 1 saturated heterocycles. The van der Waals surface area contributed by atoms with Gasteiger partial charge in [0.25, 0.3) is 11.8 Å². The summed E-state index contributed by atoms with van der Waals surface area (Å²) in [5.74, 6) is -0.603. The van der Waals surface area contributed by atoms with Crippen molar-refractivity contribution in [3.05, 3.63) is 77.9 Å². The summed E-state index contributed by atoms with van der Waals surface area (Å²) < 4.78 is 26.2. The van der Waals surface area contributed by atoms with Gasteiger partial charge in [0.2, 0.25) is 5.95 Å². The van der Waals surface area contributed by atoms with Crippen LogP contribution in [0.25, 0.3) is 22.0 Å². The van der Waals surface area contributed by atoms with E-state index in [0.29, 0.717) is 65.7 Å². The molecule has 3 heterocycles. The van der Waals surface area contributed by atoms with E-state index in [2.05, 4.69) is 20.6 Å². The number of amides is 2. The molecule has 1 aliphatic heterocycles. The van der Waals surface area contributed by atoms with Crippen molar-refractivity contribution in [3.8, 4) is 11.1 Å². The van der Waals surface area contributed by atoms with Crippen molar-refractivity contribution in [3.63, 3.8) is 0 Å². The average molecular weight is 585 g/mol. The Morgan fingerprint density at radius 2 is 1.77 bits per heavy atom. The minimum absolute atomic E-state index is 0.00157. The molecule has 2 aromatic carbocycles. The molecule has 2 N–H and O–H groups in total. The van der Waals surface area contributed by atoms with Crippen molar-refractivity contribution in [2.75, 3.05) is 44.0 Å². The number of halogens is 1. The SMILES string of the molecule is COC1CCC(Nc2ncc3c(NC(=O)c4ccccc4)ncc(-c4ccc(C(=O)N5CCOCC5)c(F)c4)c3n2)CC1. The molecule has 0 unspecified atom stereocenters. The van der Waals surface area contributed by atoms with Gasteiger partial charge in [-0.25, -0.2) is 19.3 Å². The Kier molecular flexibility index (Phi) is 8.52. The van der Waals surface area contributed by atoms with E-state index < -0.39 is 5.82 Å². The lowest BCUT2D eigenvalue weighted by molar-refractivity contribution is 0.0300. The number of fused-ring (bicyclic) bond motifs is 1. The smallest absolute Gasteiger partial charge is 0.256 e. The number of carbonyl (C=O) groups excluding carboxylic acids is 2. The molecule has 222 valence electrons. The molecule has 1 saturated carbocycles. The van der Waals surface area contributed by atoms with Gasteiger partial charge in [0.05, 0.1) is 35.8 Å². The lowest BCUT2D eigenvalue weighted by Gasteiger charge is -2.28. The Morgan fingerprint density at radius 3 is 2.49 bits per heavy atom. The molecule has 1 aliphatic carbocycles. The lowest BCUT2D eigenvalue weighted by Crippen LogP contribution is -2.41. The number of nitrogens with one attached hydrogen (secondary N) is 2. The number of rotatable bonds is 7. The number of morpholine rings is 1. The number of hydrogen-bond acceptors (Lipinski definition) is 8. The third-order valence-electron chi connectivity index (χ3n) is 8.04. The van der Waals surface area contributed by atoms with E-state index >= 15 is 4.39 Å². The predicted octanol–water partition coefficient (Wildman–Crippen LogP) is 4.93. The molecular formula is C32H33FN6O4. The fourth-order valence-corrected chi connectivity index (χ4v) is 5.59. The number of pyridine rings is 1. The van der Waals surface area contributed by atoms with Crippen molar-refractivity contribution in [1.82, 2.24) is 19.9 Å². The summed E-state index contributed by atoms with van der Waals surface area (Å²) in [6.45, 7) is 1.70. The van der Waals surface area contributed by atoms with E-state index in [4.69, 9.17) is 14.5 Å². The normalized spacial score (nSPS) is 18.8. The van der Waals surface area contributed by atoms with Crippen LogP contribution in [0.1, 0.15) is 46.4 Å². The van der Waals surface area contributed by atoms with Crippen LogP contribution < -0.4 is 10.6 Å². The Hall–Kier alpha value is -4.48.